The Hall–Kier alpha value is -1.03. The Balaban J connectivity index is 0.00000288. The van der Waals surface area contributed by atoms with Gasteiger partial charge < -0.3 is 20.3 Å². The summed E-state index contributed by atoms with van der Waals surface area (Å²) in [6.07, 6.45) is 0.654. The van der Waals surface area contributed by atoms with Crippen molar-refractivity contribution in [2.24, 2.45) is 10.7 Å². The lowest BCUT2D eigenvalue weighted by molar-refractivity contribution is 0.0186. The predicted octanol–water partition coefficient (Wildman–Crippen LogP) is 2.78. The largest absolute Gasteiger partial charge is 0.444 e. The van der Waals surface area contributed by atoms with Crippen LogP contribution in [-0.4, -0.2) is 60.2 Å². The summed E-state index contributed by atoms with van der Waals surface area (Å²) < 4.78 is 5.39. The summed E-state index contributed by atoms with van der Waals surface area (Å²) in [7, 11) is 0. The Morgan fingerprint density at radius 2 is 1.92 bits per heavy atom. The zero-order valence-electron chi connectivity index (χ0n) is 14.5. The SMILES string of the molecule is CC(C)(C)OC(=O)N1CCN(C(N)=NCCc2cccs2)CC1.I. The molecule has 136 valence electrons. The van der Waals surface area contributed by atoms with Crippen molar-refractivity contribution >= 4 is 47.4 Å². The average molecular weight is 466 g/mol. The normalized spacial score (nSPS) is 15.9. The number of ether oxygens (including phenoxy) is 1. The second-order valence-electron chi connectivity index (χ2n) is 6.52. The summed E-state index contributed by atoms with van der Waals surface area (Å²) in [6.45, 7) is 8.91. The van der Waals surface area contributed by atoms with Crippen LogP contribution in [0.15, 0.2) is 22.5 Å². The molecule has 2 rings (SSSR count). The highest BCUT2D eigenvalue weighted by molar-refractivity contribution is 14.0. The van der Waals surface area contributed by atoms with Gasteiger partial charge in [0, 0.05) is 44.0 Å². The quantitative estimate of drug-likeness (QED) is 0.423. The minimum Gasteiger partial charge on any atom is -0.444 e. The van der Waals surface area contributed by atoms with Crippen LogP contribution < -0.4 is 5.73 Å². The van der Waals surface area contributed by atoms with E-state index in [1.165, 1.54) is 4.88 Å². The molecule has 1 aromatic heterocycles. The fourth-order valence-corrected chi connectivity index (χ4v) is 2.98. The maximum Gasteiger partial charge on any atom is 0.410 e. The number of hydrogen-bond donors (Lipinski definition) is 1. The number of rotatable bonds is 3. The first kappa shape index (κ1) is 21.0. The van der Waals surface area contributed by atoms with Crippen LogP contribution in [0.25, 0.3) is 0 Å². The summed E-state index contributed by atoms with van der Waals surface area (Å²) in [5.41, 5.74) is 5.59. The van der Waals surface area contributed by atoms with E-state index >= 15 is 0 Å². The Morgan fingerprint density at radius 1 is 1.29 bits per heavy atom. The molecular formula is C16H27IN4O2S. The van der Waals surface area contributed by atoms with Gasteiger partial charge in [-0.3, -0.25) is 4.99 Å². The third kappa shape index (κ3) is 6.84. The van der Waals surface area contributed by atoms with Gasteiger partial charge in [0.1, 0.15) is 5.60 Å². The lowest BCUT2D eigenvalue weighted by atomic mass is 10.2. The van der Waals surface area contributed by atoms with Gasteiger partial charge >= 0.3 is 6.09 Å². The number of carbonyl (C=O) groups is 1. The van der Waals surface area contributed by atoms with Crippen molar-refractivity contribution in [3.63, 3.8) is 0 Å². The Morgan fingerprint density at radius 3 is 2.46 bits per heavy atom. The molecule has 0 aliphatic carbocycles. The summed E-state index contributed by atoms with van der Waals surface area (Å²) in [4.78, 5) is 21.5. The molecule has 1 aliphatic rings. The molecule has 1 saturated heterocycles. The first-order valence-corrected chi connectivity index (χ1v) is 8.78. The van der Waals surface area contributed by atoms with E-state index in [0.717, 1.165) is 6.42 Å². The van der Waals surface area contributed by atoms with Gasteiger partial charge in [0.25, 0.3) is 0 Å². The number of halogens is 1. The van der Waals surface area contributed by atoms with E-state index in [9.17, 15) is 4.79 Å². The molecule has 0 atom stereocenters. The van der Waals surface area contributed by atoms with E-state index in [-0.39, 0.29) is 30.1 Å². The first-order valence-electron chi connectivity index (χ1n) is 7.90. The van der Waals surface area contributed by atoms with Crippen molar-refractivity contribution in [1.29, 1.82) is 0 Å². The highest BCUT2D eigenvalue weighted by Gasteiger charge is 2.26. The number of guanidine groups is 1. The second kappa shape index (κ2) is 9.45. The minimum atomic E-state index is -0.462. The molecule has 0 spiro atoms. The molecule has 1 amide bonds. The molecule has 2 N–H and O–H groups in total. The molecular weight excluding hydrogens is 439 g/mol. The maximum atomic E-state index is 12.0. The number of thiophene rings is 1. The number of aliphatic imine (C=N–C) groups is 1. The van der Waals surface area contributed by atoms with Crippen LogP contribution in [-0.2, 0) is 11.2 Å². The summed E-state index contributed by atoms with van der Waals surface area (Å²) >= 11 is 1.74. The number of hydrogen-bond acceptors (Lipinski definition) is 4. The van der Waals surface area contributed by atoms with Gasteiger partial charge in [0.05, 0.1) is 0 Å². The van der Waals surface area contributed by atoms with E-state index < -0.39 is 5.60 Å². The molecule has 0 saturated carbocycles. The van der Waals surface area contributed by atoms with Crippen LogP contribution >= 0.6 is 35.3 Å². The van der Waals surface area contributed by atoms with Gasteiger partial charge in [-0.2, -0.15) is 0 Å². The van der Waals surface area contributed by atoms with Gasteiger partial charge in [0.15, 0.2) is 5.96 Å². The third-order valence-corrected chi connectivity index (χ3v) is 4.40. The van der Waals surface area contributed by atoms with Gasteiger partial charge in [-0.05, 0) is 32.2 Å². The molecule has 0 radical (unpaired) electrons. The van der Waals surface area contributed by atoms with Crippen molar-refractivity contribution in [3.8, 4) is 0 Å². The van der Waals surface area contributed by atoms with Crippen LogP contribution in [0.5, 0.6) is 0 Å². The minimum absolute atomic E-state index is 0. The first-order chi connectivity index (χ1) is 10.8. The summed E-state index contributed by atoms with van der Waals surface area (Å²) in [6, 6.07) is 4.15. The van der Waals surface area contributed by atoms with Crippen LogP contribution in [0.3, 0.4) is 0 Å². The fraction of sp³-hybridized carbons (Fsp3) is 0.625. The molecule has 1 fully saturated rings. The Bertz CT molecular complexity index is 535. The average Bonchev–Trinajstić information content (AvgIpc) is 2.99. The smallest absolute Gasteiger partial charge is 0.410 e. The molecule has 1 aliphatic heterocycles. The number of nitrogens with zero attached hydrogens (tertiary/aromatic N) is 3. The van der Waals surface area contributed by atoms with E-state index in [4.69, 9.17) is 10.5 Å². The predicted molar refractivity (Wildman–Crippen MR) is 109 cm³/mol. The van der Waals surface area contributed by atoms with Crippen molar-refractivity contribution < 1.29 is 9.53 Å². The highest BCUT2D eigenvalue weighted by atomic mass is 127. The zero-order chi connectivity index (χ0) is 16.9. The molecule has 0 bridgehead atoms. The van der Waals surface area contributed by atoms with E-state index in [2.05, 4.69) is 16.4 Å². The number of amides is 1. The molecule has 0 unspecified atom stereocenters. The topological polar surface area (TPSA) is 71.2 Å². The van der Waals surface area contributed by atoms with Gasteiger partial charge in [-0.25, -0.2) is 4.79 Å². The Kier molecular flexibility index (Phi) is 8.28. The number of carbonyl (C=O) groups excluding carboxylic acids is 1. The van der Waals surface area contributed by atoms with Gasteiger partial charge in [0.2, 0.25) is 0 Å². The molecule has 0 aromatic carbocycles. The van der Waals surface area contributed by atoms with Crippen molar-refractivity contribution in [2.45, 2.75) is 32.8 Å². The molecule has 8 heteroatoms. The molecule has 6 nitrogen and oxygen atoms in total. The van der Waals surface area contributed by atoms with Crippen molar-refractivity contribution in [3.05, 3.63) is 22.4 Å². The Labute approximate surface area is 165 Å². The van der Waals surface area contributed by atoms with Crippen molar-refractivity contribution in [1.82, 2.24) is 9.80 Å². The van der Waals surface area contributed by atoms with E-state index in [1.807, 2.05) is 31.7 Å². The monoisotopic (exact) mass is 466 g/mol. The summed E-state index contributed by atoms with van der Waals surface area (Å²) in [5.74, 6) is 0.561. The van der Waals surface area contributed by atoms with Crippen LogP contribution in [0.1, 0.15) is 25.6 Å². The zero-order valence-corrected chi connectivity index (χ0v) is 17.7. The van der Waals surface area contributed by atoms with E-state index in [1.54, 1.807) is 16.2 Å². The van der Waals surface area contributed by atoms with Crippen LogP contribution in [0.2, 0.25) is 0 Å². The standard InChI is InChI=1S/C16H26N4O2S.HI/c1-16(2,3)22-15(21)20-10-8-19(9-11-20)14(17)18-7-6-13-5-4-12-23-13;/h4-5,12H,6-11H2,1-3H3,(H2,17,18);1H. The van der Waals surface area contributed by atoms with Crippen LogP contribution in [0.4, 0.5) is 4.79 Å². The third-order valence-electron chi connectivity index (χ3n) is 3.47. The maximum absolute atomic E-state index is 12.0. The van der Waals surface area contributed by atoms with Gasteiger partial charge in [-0.15, -0.1) is 35.3 Å². The molecule has 24 heavy (non-hydrogen) atoms. The fourth-order valence-electron chi connectivity index (χ4n) is 2.28. The second-order valence-corrected chi connectivity index (χ2v) is 7.56. The molecule has 1 aromatic rings. The van der Waals surface area contributed by atoms with E-state index in [0.29, 0.717) is 38.7 Å². The highest BCUT2D eigenvalue weighted by Crippen LogP contribution is 2.12. The lowest BCUT2D eigenvalue weighted by Crippen LogP contribution is -2.53. The number of nitrogens with two attached hydrogens (primary N) is 1. The summed E-state index contributed by atoms with van der Waals surface area (Å²) in [5, 5.41) is 2.07. The van der Waals surface area contributed by atoms with Crippen molar-refractivity contribution in [2.75, 3.05) is 32.7 Å². The van der Waals surface area contributed by atoms with Crippen LogP contribution in [0, 0.1) is 0 Å². The lowest BCUT2D eigenvalue weighted by Gasteiger charge is -2.36. The number of piperazine rings is 1. The van der Waals surface area contributed by atoms with Gasteiger partial charge in [-0.1, -0.05) is 6.07 Å². The molecule has 2 heterocycles.